The number of aromatic nitrogens is 3. The minimum absolute atomic E-state index is 0.167. The molecule has 8 nitrogen and oxygen atoms in total. The standard InChI is InChI=1S/C25H26N6.C2HF3O2/c1-17-25-22-7-4-20(19-9-13-27-14-10-19)16-23(22)24(11-15-31(25)30-29-17)28-21-5-2-18(3-6-21)8-12-26;3-2(4,5)1(6)7/h2-7,9,16,24,27-28H,8,10-11,13-15H2,1H3;(H,6,7). The largest absolute Gasteiger partial charge is 0.490 e. The molecule has 2 aliphatic rings. The number of aliphatic carboxylic acids is 1. The molecule has 198 valence electrons. The van der Waals surface area contributed by atoms with Gasteiger partial charge in [0.25, 0.3) is 0 Å². The van der Waals surface area contributed by atoms with Crippen molar-refractivity contribution < 1.29 is 23.1 Å². The second-order valence-corrected chi connectivity index (χ2v) is 9.05. The number of halogens is 3. The number of rotatable bonds is 4. The smallest absolute Gasteiger partial charge is 0.475 e. The summed E-state index contributed by atoms with van der Waals surface area (Å²) in [7, 11) is 0. The van der Waals surface area contributed by atoms with E-state index in [1.54, 1.807) is 0 Å². The fraction of sp³-hybridized carbons (Fsp3) is 0.333. The van der Waals surface area contributed by atoms with Gasteiger partial charge in [-0.3, -0.25) is 0 Å². The molecule has 3 aromatic rings. The molecule has 1 atom stereocenters. The number of fused-ring (bicyclic) bond motifs is 3. The van der Waals surface area contributed by atoms with E-state index in [4.69, 9.17) is 15.2 Å². The van der Waals surface area contributed by atoms with E-state index in [9.17, 15) is 13.2 Å². The molecule has 1 unspecified atom stereocenters. The maximum atomic E-state index is 10.6. The number of carboxylic acid groups (broad SMARTS) is 1. The Bertz CT molecular complexity index is 1370. The number of anilines is 1. The predicted octanol–water partition coefficient (Wildman–Crippen LogP) is 4.89. The summed E-state index contributed by atoms with van der Waals surface area (Å²) in [5.41, 5.74) is 9.41. The molecule has 0 fully saturated rings. The molecule has 0 saturated heterocycles. The molecular weight excluding hydrogens is 497 g/mol. The Kier molecular flexibility index (Phi) is 8.12. The lowest BCUT2D eigenvalue weighted by atomic mass is 9.90. The van der Waals surface area contributed by atoms with Gasteiger partial charge in [0.1, 0.15) is 0 Å². The van der Waals surface area contributed by atoms with Crippen LogP contribution in [0, 0.1) is 18.3 Å². The third kappa shape index (κ3) is 6.20. The van der Waals surface area contributed by atoms with Gasteiger partial charge in [-0.05, 0) is 66.8 Å². The molecule has 0 amide bonds. The first-order valence-corrected chi connectivity index (χ1v) is 12.1. The van der Waals surface area contributed by atoms with Gasteiger partial charge in [0.05, 0.1) is 29.9 Å². The Morgan fingerprint density at radius 1 is 1.26 bits per heavy atom. The number of carboxylic acids is 1. The van der Waals surface area contributed by atoms with Crippen molar-refractivity contribution in [1.29, 1.82) is 5.26 Å². The van der Waals surface area contributed by atoms with E-state index in [2.05, 4.69) is 63.4 Å². The highest BCUT2D eigenvalue weighted by Gasteiger charge is 2.38. The molecule has 11 heteroatoms. The van der Waals surface area contributed by atoms with Gasteiger partial charge < -0.3 is 15.7 Å². The first-order chi connectivity index (χ1) is 18.2. The molecule has 2 aliphatic heterocycles. The number of carbonyl (C=O) groups is 1. The maximum absolute atomic E-state index is 10.6. The van der Waals surface area contributed by atoms with Crippen LogP contribution in [-0.2, 0) is 17.8 Å². The lowest BCUT2D eigenvalue weighted by Crippen LogP contribution is -2.21. The SMILES string of the molecule is Cc1nnn2c1-c1ccc(C3=CCNCC3)cc1C(Nc1ccc(CC#N)cc1)CC2.O=C(O)C(F)(F)F. The summed E-state index contributed by atoms with van der Waals surface area (Å²) in [6, 6.07) is 17.4. The molecule has 38 heavy (non-hydrogen) atoms. The van der Waals surface area contributed by atoms with Gasteiger partial charge in [-0.1, -0.05) is 35.6 Å². The highest BCUT2D eigenvalue weighted by Crippen LogP contribution is 2.38. The second kappa shape index (κ2) is 11.5. The number of hydrogen-bond donors (Lipinski definition) is 3. The summed E-state index contributed by atoms with van der Waals surface area (Å²) < 4.78 is 33.8. The van der Waals surface area contributed by atoms with Gasteiger partial charge in [0.15, 0.2) is 0 Å². The Hall–Kier alpha value is -4.17. The summed E-state index contributed by atoms with van der Waals surface area (Å²) in [6.45, 7) is 4.80. The summed E-state index contributed by atoms with van der Waals surface area (Å²) in [6.07, 6.45) is -0.370. The zero-order chi connectivity index (χ0) is 27.3. The minimum Gasteiger partial charge on any atom is -0.475 e. The molecule has 5 rings (SSSR count). The first kappa shape index (κ1) is 26.9. The molecular formula is C27H27F3N6O2. The van der Waals surface area contributed by atoms with Crippen LogP contribution < -0.4 is 10.6 Å². The van der Waals surface area contributed by atoms with Crippen molar-refractivity contribution in [2.45, 2.75) is 44.9 Å². The summed E-state index contributed by atoms with van der Waals surface area (Å²) >= 11 is 0. The van der Waals surface area contributed by atoms with E-state index < -0.39 is 12.1 Å². The lowest BCUT2D eigenvalue weighted by Gasteiger charge is -2.23. The van der Waals surface area contributed by atoms with Crippen molar-refractivity contribution in [2.24, 2.45) is 0 Å². The number of benzene rings is 2. The van der Waals surface area contributed by atoms with Crippen molar-refractivity contribution in [3.05, 3.63) is 70.9 Å². The number of nitrogens with zero attached hydrogens (tertiary/aromatic N) is 4. The van der Waals surface area contributed by atoms with Crippen LogP contribution in [0.2, 0.25) is 0 Å². The highest BCUT2D eigenvalue weighted by atomic mass is 19.4. The van der Waals surface area contributed by atoms with Crippen molar-refractivity contribution >= 4 is 17.2 Å². The average molecular weight is 525 g/mol. The second-order valence-electron chi connectivity index (χ2n) is 9.05. The zero-order valence-corrected chi connectivity index (χ0v) is 20.7. The third-order valence-corrected chi connectivity index (χ3v) is 6.47. The van der Waals surface area contributed by atoms with E-state index >= 15 is 0 Å². The van der Waals surface area contributed by atoms with E-state index in [0.717, 1.165) is 55.1 Å². The monoisotopic (exact) mass is 524 g/mol. The van der Waals surface area contributed by atoms with Crippen molar-refractivity contribution in [1.82, 2.24) is 20.3 Å². The van der Waals surface area contributed by atoms with E-state index in [1.165, 1.54) is 22.3 Å². The maximum Gasteiger partial charge on any atom is 0.490 e. The molecule has 0 saturated carbocycles. The third-order valence-electron chi connectivity index (χ3n) is 6.47. The van der Waals surface area contributed by atoms with Gasteiger partial charge in [-0.25, -0.2) is 9.48 Å². The minimum atomic E-state index is -5.08. The zero-order valence-electron chi connectivity index (χ0n) is 20.7. The Morgan fingerprint density at radius 3 is 2.63 bits per heavy atom. The van der Waals surface area contributed by atoms with E-state index in [1.807, 2.05) is 23.7 Å². The van der Waals surface area contributed by atoms with Gasteiger partial charge in [0, 0.05) is 24.3 Å². The number of hydrogen-bond acceptors (Lipinski definition) is 6. The van der Waals surface area contributed by atoms with Crippen molar-refractivity contribution in [3.63, 3.8) is 0 Å². The normalized spacial score (nSPS) is 16.5. The van der Waals surface area contributed by atoms with Crippen LogP contribution in [0.25, 0.3) is 16.8 Å². The molecule has 1 aromatic heterocycles. The van der Waals surface area contributed by atoms with E-state index in [-0.39, 0.29) is 6.04 Å². The highest BCUT2D eigenvalue weighted by molar-refractivity contribution is 5.75. The molecule has 0 aliphatic carbocycles. The molecule has 0 spiro atoms. The topological polar surface area (TPSA) is 116 Å². The van der Waals surface area contributed by atoms with Crippen molar-refractivity contribution in [2.75, 3.05) is 18.4 Å². The predicted molar refractivity (Wildman–Crippen MR) is 136 cm³/mol. The summed E-state index contributed by atoms with van der Waals surface area (Å²) in [4.78, 5) is 8.90. The first-order valence-electron chi connectivity index (χ1n) is 12.1. The van der Waals surface area contributed by atoms with Crippen LogP contribution in [0.4, 0.5) is 18.9 Å². The van der Waals surface area contributed by atoms with Crippen LogP contribution in [0.1, 0.15) is 41.3 Å². The van der Waals surface area contributed by atoms with Gasteiger partial charge in [0.2, 0.25) is 0 Å². The van der Waals surface area contributed by atoms with Crippen LogP contribution in [0.5, 0.6) is 0 Å². The Labute approximate surface area is 217 Å². The number of alkyl halides is 3. The Balaban J connectivity index is 0.000000426. The van der Waals surface area contributed by atoms with Gasteiger partial charge >= 0.3 is 12.1 Å². The van der Waals surface area contributed by atoms with Crippen LogP contribution in [0.15, 0.2) is 48.5 Å². The average Bonchev–Trinajstić information content (AvgIpc) is 3.19. The van der Waals surface area contributed by atoms with Crippen LogP contribution in [-0.4, -0.2) is 45.3 Å². The van der Waals surface area contributed by atoms with Crippen LogP contribution in [0.3, 0.4) is 0 Å². The van der Waals surface area contributed by atoms with Gasteiger partial charge in [-0.2, -0.15) is 18.4 Å². The molecule has 3 N–H and O–H groups in total. The van der Waals surface area contributed by atoms with Crippen LogP contribution >= 0.6 is 0 Å². The molecule has 0 radical (unpaired) electrons. The number of nitrogens with one attached hydrogen (secondary N) is 2. The Morgan fingerprint density at radius 2 is 2.00 bits per heavy atom. The summed E-state index contributed by atoms with van der Waals surface area (Å²) in [5.74, 6) is -2.76. The fourth-order valence-electron chi connectivity index (χ4n) is 4.61. The number of aryl methyl sites for hydroxylation is 2. The molecule has 3 heterocycles. The fourth-order valence-corrected chi connectivity index (χ4v) is 4.61. The number of nitriles is 1. The molecule has 0 bridgehead atoms. The quantitative estimate of drug-likeness (QED) is 0.445. The van der Waals surface area contributed by atoms with E-state index in [0.29, 0.717) is 6.42 Å². The van der Waals surface area contributed by atoms with Gasteiger partial charge in [-0.15, -0.1) is 5.10 Å². The van der Waals surface area contributed by atoms with Crippen molar-refractivity contribution in [3.8, 4) is 17.3 Å². The summed E-state index contributed by atoms with van der Waals surface area (Å²) in [5, 5.41) is 31.9. The lowest BCUT2D eigenvalue weighted by molar-refractivity contribution is -0.192. The molecule has 2 aromatic carbocycles.